The zero-order valence-electron chi connectivity index (χ0n) is 18.8. The SMILES string of the molecule is CCCCn1c(N)c(N(CC)C(=O)CN(CC)Cc2ccc3c(c2)OCO3)c(=O)[nH]c1=O. The van der Waals surface area contributed by atoms with Gasteiger partial charge in [-0.05, 0) is 37.6 Å². The van der Waals surface area contributed by atoms with Crippen LogP contribution < -0.4 is 31.4 Å². The number of hydrogen-bond donors (Lipinski definition) is 2. The number of nitrogen functional groups attached to an aromatic ring is 1. The van der Waals surface area contributed by atoms with Crippen molar-refractivity contribution in [3.8, 4) is 11.5 Å². The van der Waals surface area contributed by atoms with Crippen molar-refractivity contribution in [2.45, 2.75) is 46.7 Å². The Morgan fingerprint density at radius 2 is 1.91 bits per heavy atom. The van der Waals surface area contributed by atoms with E-state index in [4.69, 9.17) is 15.2 Å². The van der Waals surface area contributed by atoms with Gasteiger partial charge in [0, 0.05) is 19.6 Å². The summed E-state index contributed by atoms with van der Waals surface area (Å²) in [4.78, 5) is 43.5. The maximum absolute atomic E-state index is 13.2. The second kappa shape index (κ2) is 10.4. The van der Waals surface area contributed by atoms with Gasteiger partial charge in [0.05, 0.1) is 6.54 Å². The van der Waals surface area contributed by atoms with Gasteiger partial charge in [-0.3, -0.25) is 24.0 Å². The van der Waals surface area contributed by atoms with E-state index in [0.29, 0.717) is 31.1 Å². The second-order valence-electron chi connectivity index (χ2n) is 7.63. The molecule has 0 saturated heterocycles. The summed E-state index contributed by atoms with van der Waals surface area (Å²) in [6.45, 7) is 7.80. The van der Waals surface area contributed by atoms with Gasteiger partial charge in [-0.15, -0.1) is 0 Å². The van der Waals surface area contributed by atoms with Crippen LogP contribution in [0.4, 0.5) is 11.5 Å². The van der Waals surface area contributed by atoms with E-state index in [-0.39, 0.29) is 37.3 Å². The molecular formula is C22H31N5O5. The van der Waals surface area contributed by atoms with E-state index in [2.05, 4.69) is 4.98 Å². The highest BCUT2D eigenvalue weighted by Crippen LogP contribution is 2.32. The number of likely N-dealkylation sites (N-methyl/N-ethyl adjacent to an activating group) is 2. The van der Waals surface area contributed by atoms with E-state index >= 15 is 0 Å². The largest absolute Gasteiger partial charge is 0.454 e. The van der Waals surface area contributed by atoms with E-state index in [1.54, 1.807) is 6.92 Å². The average Bonchev–Trinajstić information content (AvgIpc) is 3.23. The third kappa shape index (κ3) is 4.96. The molecule has 1 amide bonds. The number of nitrogens with one attached hydrogen (secondary N) is 1. The minimum atomic E-state index is -0.658. The summed E-state index contributed by atoms with van der Waals surface area (Å²) in [5.74, 6) is 1.14. The molecule has 174 valence electrons. The first-order valence-electron chi connectivity index (χ1n) is 10.9. The molecule has 0 bridgehead atoms. The van der Waals surface area contributed by atoms with Gasteiger partial charge >= 0.3 is 5.69 Å². The van der Waals surface area contributed by atoms with Crippen molar-refractivity contribution in [2.75, 3.05) is 37.1 Å². The maximum atomic E-state index is 13.2. The first-order valence-corrected chi connectivity index (χ1v) is 10.9. The Morgan fingerprint density at radius 3 is 2.59 bits per heavy atom. The lowest BCUT2D eigenvalue weighted by Crippen LogP contribution is -2.45. The van der Waals surface area contributed by atoms with Crippen LogP contribution in [0.15, 0.2) is 27.8 Å². The quantitative estimate of drug-likeness (QED) is 0.568. The van der Waals surface area contributed by atoms with Crippen molar-refractivity contribution < 1.29 is 14.3 Å². The van der Waals surface area contributed by atoms with Crippen molar-refractivity contribution in [1.29, 1.82) is 0 Å². The molecule has 3 N–H and O–H groups in total. The molecule has 0 atom stereocenters. The zero-order chi connectivity index (χ0) is 23.3. The van der Waals surface area contributed by atoms with Gasteiger partial charge in [0.15, 0.2) is 17.2 Å². The maximum Gasteiger partial charge on any atom is 0.330 e. The number of benzene rings is 1. The Morgan fingerprint density at radius 1 is 1.16 bits per heavy atom. The molecule has 10 heteroatoms. The van der Waals surface area contributed by atoms with Gasteiger partial charge in [0.2, 0.25) is 12.7 Å². The second-order valence-corrected chi connectivity index (χ2v) is 7.63. The molecule has 0 unspecified atom stereocenters. The normalized spacial score (nSPS) is 12.4. The van der Waals surface area contributed by atoms with Crippen LogP contribution in [0.3, 0.4) is 0 Å². The molecule has 0 saturated carbocycles. The first-order chi connectivity index (χ1) is 15.4. The highest BCUT2D eigenvalue weighted by atomic mass is 16.7. The van der Waals surface area contributed by atoms with Crippen molar-refractivity contribution in [1.82, 2.24) is 14.5 Å². The number of aromatic nitrogens is 2. The molecule has 1 aromatic heterocycles. The first kappa shape index (κ1) is 23.4. The number of anilines is 2. The average molecular weight is 446 g/mol. The van der Waals surface area contributed by atoms with Crippen LogP contribution in [0.1, 0.15) is 39.2 Å². The molecule has 0 aliphatic carbocycles. The van der Waals surface area contributed by atoms with Crippen molar-refractivity contribution in [2.24, 2.45) is 0 Å². The number of H-pyrrole nitrogens is 1. The summed E-state index contributed by atoms with van der Waals surface area (Å²) in [7, 11) is 0. The lowest BCUT2D eigenvalue weighted by atomic mass is 10.2. The Kier molecular flexibility index (Phi) is 7.57. The van der Waals surface area contributed by atoms with Crippen LogP contribution in [0.2, 0.25) is 0 Å². The van der Waals surface area contributed by atoms with Crippen LogP contribution in [-0.2, 0) is 17.9 Å². The minimum absolute atomic E-state index is 0.0150. The number of fused-ring (bicyclic) bond motifs is 1. The number of carbonyl (C=O) groups is 1. The Labute approximate surface area is 186 Å². The van der Waals surface area contributed by atoms with Crippen LogP contribution in [0.25, 0.3) is 0 Å². The standard InChI is InChI=1S/C22H31N5O5/c1-4-7-10-27-20(23)19(21(29)24-22(27)30)26(6-3)18(28)13-25(5-2)12-15-8-9-16-17(11-15)32-14-31-16/h8-9,11H,4-7,10,12-14,23H2,1-3H3,(H,24,29,30). The third-order valence-electron chi connectivity index (χ3n) is 5.49. The Balaban J connectivity index is 1.80. The molecule has 0 radical (unpaired) electrons. The summed E-state index contributed by atoms with van der Waals surface area (Å²) < 4.78 is 12.1. The Hall–Kier alpha value is -3.27. The number of nitrogens with zero attached hydrogens (tertiary/aromatic N) is 3. The molecule has 3 rings (SSSR count). The van der Waals surface area contributed by atoms with Gasteiger partial charge in [0.1, 0.15) is 5.82 Å². The summed E-state index contributed by atoms with van der Waals surface area (Å²) in [6.07, 6.45) is 1.59. The number of aromatic amines is 1. The van der Waals surface area contributed by atoms with Crippen LogP contribution in [0, 0.1) is 0 Å². The lowest BCUT2D eigenvalue weighted by Gasteiger charge is -2.27. The summed E-state index contributed by atoms with van der Waals surface area (Å²) in [5.41, 5.74) is 5.97. The molecule has 1 aliphatic rings. The van der Waals surface area contributed by atoms with Gasteiger partial charge < -0.3 is 20.1 Å². The highest BCUT2D eigenvalue weighted by molar-refractivity contribution is 5.96. The van der Waals surface area contributed by atoms with Gasteiger partial charge in [0.25, 0.3) is 5.56 Å². The van der Waals surface area contributed by atoms with E-state index in [0.717, 1.165) is 18.4 Å². The number of amides is 1. The molecule has 2 aromatic rings. The molecule has 0 spiro atoms. The summed E-state index contributed by atoms with van der Waals surface area (Å²) >= 11 is 0. The number of carbonyl (C=O) groups excluding carboxylic acids is 1. The van der Waals surface area contributed by atoms with E-state index in [9.17, 15) is 14.4 Å². The summed E-state index contributed by atoms with van der Waals surface area (Å²) in [5, 5.41) is 0. The molecular weight excluding hydrogens is 414 g/mol. The number of nitrogens with two attached hydrogens (primary N) is 1. The number of unbranched alkanes of at least 4 members (excludes halogenated alkanes) is 1. The van der Waals surface area contributed by atoms with E-state index in [1.807, 2.05) is 36.9 Å². The van der Waals surface area contributed by atoms with Crippen LogP contribution in [-0.4, -0.2) is 46.8 Å². The topological polar surface area (TPSA) is 123 Å². The van der Waals surface area contributed by atoms with Crippen LogP contribution in [0.5, 0.6) is 11.5 Å². The molecule has 32 heavy (non-hydrogen) atoms. The fourth-order valence-electron chi connectivity index (χ4n) is 3.69. The van der Waals surface area contributed by atoms with Crippen LogP contribution >= 0.6 is 0 Å². The Bertz CT molecular complexity index is 1080. The minimum Gasteiger partial charge on any atom is -0.454 e. The fourth-order valence-corrected chi connectivity index (χ4v) is 3.69. The predicted octanol–water partition coefficient (Wildman–Crippen LogP) is 1.52. The fraction of sp³-hybridized carbons (Fsp3) is 0.500. The number of hydrogen-bond acceptors (Lipinski definition) is 7. The van der Waals surface area contributed by atoms with Gasteiger partial charge in [-0.25, -0.2) is 4.79 Å². The van der Waals surface area contributed by atoms with Crippen molar-refractivity contribution in [3.63, 3.8) is 0 Å². The number of ether oxygens (including phenoxy) is 2. The molecule has 1 aromatic carbocycles. The van der Waals surface area contributed by atoms with Crippen molar-refractivity contribution in [3.05, 3.63) is 44.6 Å². The van der Waals surface area contributed by atoms with Gasteiger partial charge in [-0.2, -0.15) is 0 Å². The predicted molar refractivity (Wildman–Crippen MR) is 122 cm³/mol. The zero-order valence-corrected chi connectivity index (χ0v) is 18.8. The summed E-state index contributed by atoms with van der Waals surface area (Å²) in [6, 6.07) is 5.69. The van der Waals surface area contributed by atoms with Crippen molar-refractivity contribution >= 4 is 17.4 Å². The monoisotopic (exact) mass is 445 g/mol. The smallest absolute Gasteiger partial charge is 0.330 e. The van der Waals surface area contributed by atoms with E-state index < -0.39 is 11.2 Å². The highest BCUT2D eigenvalue weighted by Gasteiger charge is 2.24. The lowest BCUT2D eigenvalue weighted by molar-refractivity contribution is -0.119. The van der Waals surface area contributed by atoms with Gasteiger partial charge in [-0.1, -0.05) is 26.3 Å². The molecule has 10 nitrogen and oxygen atoms in total. The molecule has 2 heterocycles. The molecule has 0 fully saturated rings. The third-order valence-corrected chi connectivity index (χ3v) is 5.49. The molecule has 1 aliphatic heterocycles. The van der Waals surface area contributed by atoms with E-state index in [1.165, 1.54) is 9.47 Å². The number of rotatable bonds is 10.